The molecule has 0 spiro atoms. The van der Waals surface area contributed by atoms with E-state index in [1.54, 1.807) is 12.2 Å². The van der Waals surface area contributed by atoms with Crippen LogP contribution in [0.3, 0.4) is 0 Å². The van der Waals surface area contributed by atoms with Crippen molar-refractivity contribution >= 4 is 0 Å². The van der Waals surface area contributed by atoms with E-state index in [4.69, 9.17) is 23.7 Å². The lowest BCUT2D eigenvalue weighted by Gasteiger charge is -2.20. The topological polar surface area (TPSA) is 46.2 Å². The molecule has 0 aliphatic rings. The van der Waals surface area contributed by atoms with Crippen LogP contribution in [-0.4, -0.2) is 65.1 Å². The second-order valence-electron chi connectivity index (χ2n) is 4.23. The lowest BCUT2D eigenvalue weighted by molar-refractivity contribution is -0.0590. The van der Waals surface area contributed by atoms with Crippen molar-refractivity contribution in [3.63, 3.8) is 0 Å². The summed E-state index contributed by atoms with van der Waals surface area (Å²) in [6.07, 6.45) is 3.06. The molecule has 0 N–H and O–H groups in total. The van der Waals surface area contributed by atoms with Crippen molar-refractivity contribution in [3.05, 3.63) is 25.3 Å². The van der Waals surface area contributed by atoms with Crippen molar-refractivity contribution in [1.82, 2.24) is 0 Å². The molecule has 0 radical (unpaired) electrons. The van der Waals surface area contributed by atoms with Crippen molar-refractivity contribution in [3.8, 4) is 0 Å². The molecule has 0 bridgehead atoms. The molecule has 0 aromatic heterocycles. The maximum atomic E-state index is 5.79. The summed E-state index contributed by atoms with van der Waals surface area (Å²) in [6.45, 7) is 16.0. The maximum absolute atomic E-state index is 5.79. The molecule has 0 amide bonds. The van der Waals surface area contributed by atoms with Gasteiger partial charge in [-0.1, -0.05) is 12.2 Å². The van der Waals surface area contributed by atoms with Crippen molar-refractivity contribution in [1.29, 1.82) is 0 Å². The average molecular weight is 302 g/mol. The molecule has 0 aromatic carbocycles. The Labute approximate surface area is 128 Å². The van der Waals surface area contributed by atoms with Crippen LogP contribution in [0.1, 0.15) is 13.8 Å². The molecule has 0 aliphatic heterocycles. The molecule has 124 valence electrons. The van der Waals surface area contributed by atoms with E-state index in [-0.39, 0.29) is 12.2 Å². The first-order valence-electron chi connectivity index (χ1n) is 7.49. The summed E-state index contributed by atoms with van der Waals surface area (Å²) in [5, 5.41) is 0. The Bertz CT molecular complexity index is 221. The molecule has 0 rings (SSSR count). The zero-order valence-corrected chi connectivity index (χ0v) is 13.4. The molecular weight excluding hydrogens is 272 g/mol. The summed E-state index contributed by atoms with van der Waals surface area (Å²) in [4.78, 5) is 0. The minimum absolute atomic E-state index is 0.190. The molecule has 2 unspecified atom stereocenters. The Morgan fingerprint density at radius 1 is 0.714 bits per heavy atom. The predicted molar refractivity (Wildman–Crippen MR) is 83.7 cm³/mol. The van der Waals surface area contributed by atoms with Crippen LogP contribution < -0.4 is 0 Å². The van der Waals surface area contributed by atoms with Crippen LogP contribution in [0.25, 0.3) is 0 Å². The molecule has 0 aliphatic carbocycles. The first kappa shape index (κ1) is 20.3. The van der Waals surface area contributed by atoms with E-state index >= 15 is 0 Å². The number of hydrogen-bond donors (Lipinski definition) is 0. The molecule has 2 atom stereocenters. The van der Waals surface area contributed by atoms with Crippen molar-refractivity contribution in [2.75, 3.05) is 52.9 Å². The van der Waals surface area contributed by atoms with Gasteiger partial charge in [0.2, 0.25) is 0 Å². The van der Waals surface area contributed by atoms with Gasteiger partial charge in [0.15, 0.2) is 0 Å². The first-order valence-corrected chi connectivity index (χ1v) is 7.49. The summed E-state index contributed by atoms with van der Waals surface area (Å²) in [5.74, 6) is 0. The normalized spacial score (nSPS) is 13.8. The van der Waals surface area contributed by atoms with Gasteiger partial charge in [0.25, 0.3) is 0 Å². The van der Waals surface area contributed by atoms with Gasteiger partial charge in [-0.25, -0.2) is 0 Å². The van der Waals surface area contributed by atoms with Gasteiger partial charge < -0.3 is 23.7 Å². The summed E-state index contributed by atoms with van der Waals surface area (Å²) in [5.41, 5.74) is 0. The lowest BCUT2D eigenvalue weighted by atomic mass is 10.3. The fraction of sp³-hybridized carbons (Fsp3) is 0.750. The van der Waals surface area contributed by atoms with Crippen LogP contribution in [0.15, 0.2) is 25.3 Å². The average Bonchev–Trinajstić information content (AvgIpc) is 2.51. The molecule has 0 saturated heterocycles. The van der Waals surface area contributed by atoms with Gasteiger partial charge in [-0.2, -0.15) is 0 Å². The largest absolute Gasteiger partial charge is 0.379 e. The van der Waals surface area contributed by atoms with E-state index in [9.17, 15) is 0 Å². The summed E-state index contributed by atoms with van der Waals surface area (Å²) in [6, 6.07) is 0. The van der Waals surface area contributed by atoms with E-state index in [2.05, 4.69) is 13.2 Å². The van der Waals surface area contributed by atoms with Gasteiger partial charge >= 0.3 is 0 Å². The Kier molecular flexibility index (Phi) is 15.1. The second kappa shape index (κ2) is 15.7. The minimum Gasteiger partial charge on any atom is -0.379 e. The van der Waals surface area contributed by atoms with E-state index < -0.39 is 0 Å². The molecule has 5 nitrogen and oxygen atoms in total. The predicted octanol–water partition coefficient (Wildman–Crippen LogP) is 2.22. The summed E-state index contributed by atoms with van der Waals surface area (Å²) < 4.78 is 27.1. The van der Waals surface area contributed by atoms with Gasteiger partial charge in [0.05, 0.1) is 51.8 Å². The highest BCUT2D eigenvalue weighted by atomic mass is 16.6. The van der Waals surface area contributed by atoms with E-state index in [0.29, 0.717) is 52.9 Å². The molecule has 5 heteroatoms. The highest BCUT2D eigenvalue weighted by Gasteiger charge is 2.12. The second-order valence-corrected chi connectivity index (χ2v) is 4.23. The number of rotatable bonds is 16. The third-order valence-electron chi connectivity index (χ3n) is 2.59. The fourth-order valence-corrected chi connectivity index (χ4v) is 1.47. The Morgan fingerprint density at radius 3 is 1.43 bits per heavy atom. The Morgan fingerprint density at radius 2 is 1.10 bits per heavy atom. The van der Waals surface area contributed by atoms with Crippen LogP contribution >= 0.6 is 0 Å². The maximum Gasteiger partial charge on any atom is 0.0995 e. The molecule has 0 fully saturated rings. The monoisotopic (exact) mass is 302 g/mol. The first-order chi connectivity index (χ1) is 10.3. The van der Waals surface area contributed by atoms with Gasteiger partial charge in [0.1, 0.15) is 0 Å². The minimum atomic E-state index is -0.190. The molecule has 0 aromatic rings. The molecular formula is C16H30O5. The highest BCUT2D eigenvalue weighted by molar-refractivity contribution is 4.86. The third-order valence-corrected chi connectivity index (χ3v) is 2.59. The van der Waals surface area contributed by atoms with E-state index in [1.807, 2.05) is 13.8 Å². The van der Waals surface area contributed by atoms with E-state index in [0.717, 1.165) is 0 Å². The van der Waals surface area contributed by atoms with Crippen molar-refractivity contribution in [2.24, 2.45) is 0 Å². The SMILES string of the molecule is C=CC(COCCOCC)OC(C=C)COCCOCC. The zero-order chi connectivity index (χ0) is 15.8. The Balaban J connectivity index is 3.78. The van der Waals surface area contributed by atoms with E-state index in [1.165, 1.54) is 0 Å². The van der Waals surface area contributed by atoms with Gasteiger partial charge in [-0.15, -0.1) is 13.2 Å². The summed E-state index contributed by atoms with van der Waals surface area (Å²) in [7, 11) is 0. The molecule has 0 heterocycles. The fourth-order valence-electron chi connectivity index (χ4n) is 1.47. The van der Waals surface area contributed by atoms with Crippen LogP contribution in [0, 0.1) is 0 Å². The Hall–Kier alpha value is -0.720. The van der Waals surface area contributed by atoms with Crippen molar-refractivity contribution in [2.45, 2.75) is 26.1 Å². The number of hydrogen-bond acceptors (Lipinski definition) is 5. The van der Waals surface area contributed by atoms with Crippen LogP contribution in [-0.2, 0) is 23.7 Å². The van der Waals surface area contributed by atoms with Crippen LogP contribution in [0.5, 0.6) is 0 Å². The van der Waals surface area contributed by atoms with Gasteiger partial charge in [-0.3, -0.25) is 0 Å². The van der Waals surface area contributed by atoms with Crippen LogP contribution in [0.4, 0.5) is 0 Å². The van der Waals surface area contributed by atoms with Crippen molar-refractivity contribution < 1.29 is 23.7 Å². The summed E-state index contributed by atoms with van der Waals surface area (Å²) >= 11 is 0. The van der Waals surface area contributed by atoms with Gasteiger partial charge in [0, 0.05) is 13.2 Å². The highest BCUT2D eigenvalue weighted by Crippen LogP contribution is 2.03. The van der Waals surface area contributed by atoms with Crippen LogP contribution in [0.2, 0.25) is 0 Å². The molecule has 0 saturated carbocycles. The lowest BCUT2D eigenvalue weighted by Crippen LogP contribution is -2.27. The smallest absolute Gasteiger partial charge is 0.0995 e. The zero-order valence-electron chi connectivity index (χ0n) is 13.4. The molecule has 21 heavy (non-hydrogen) atoms. The third kappa shape index (κ3) is 12.7. The number of ether oxygens (including phenoxy) is 5. The quantitative estimate of drug-likeness (QED) is 0.323. The standard InChI is InChI=1S/C16H30O5/c1-5-15(13-19-11-9-17-7-3)21-16(6-2)14-20-12-10-18-8-4/h5-6,15-16H,1-2,7-14H2,3-4H3. The van der Waals surface area contributed by atoms with Gasteiger partial charge in [-0.05, 0) is 13.8 Å².